The van der Waals surface area contributed by atoms with Gasteiger partial charge in [-0.15, -0.1) is 0 Å². The number of anilines is 2. The molecule has 0 bridgehead atoms. The maximum Gasteiger partial charge on any atom is 0.230 e. The Morgan fingerprint density at radius 2 is 1.84 bits per heavy atom. The zero-order valence-electron chi connectivity index (χ0n) is 18.1. The lowest BCUT2D eigenvalue weighted by atomic mass is 10.1. The van der Waals surface area contributed by atoms with E-state index < -0.39 is 15.1 Å². The quantitative estimate of drug-likeness (QED) is 0.741. The van der Waals surface area contributed by atoms with Gasteiger partial charge < -0.3 is 10.2 Å². The molecule has 31 heavy (non-hydrogen) atoms. The smallest absolute Gasteiger partial charge is 0.230 e. The van der Waals surface area contributed by atoms with Gasteiger partial charge in [-0.3, -0.25) is 9.59 Å². The molecule has 2 aliphatic rings. The Balaban J connectivity index is 1.45. The highest BCUT2D eigenvalue weighted by molar-refractivity contribution is 7.92. The Labute approximate surface area is 183 Å². The van der Waals surface area contributed by atoms with Gasteiger partial charge in [-0.25, -0.2) is 8.42 Å². The third-order valence-electron chi connectivity index (χ3n) is 6.26. The van der Waals surface area contributed by atoms with Crippen LogP contribution in [0.15, 0.2) is 41.3 Å². The van der Waals surface area contributed by atoms with Gasteiger partial charge in [-0.1, -0.05) is 6.07 Å². The minimum atomic E-state index is -3.67. The molecule has 1 fully saturated rings. The zero-order valence-corrected chi connectivity index (χ0v) is 19.0. The van der Waals surface area contributed by atoms with Gasteiger partial charge in [0.25, 0.3) is 0 Å². The maximum atomic E-state index is 13.1. The van der Waals surface area contributed by atoms with Crippen molar-refractivity contribution in [1.29, 1.82) is 0 Å². The number of fused-ring (bicyclic) bond motifs is 1. The molecule has 0 saturated heterocycles. The van der Waals surface area contributed by atoms with Gasteiger partial charge in [-0.2, -0.15) is 0 Å². The van der Waals surface area contributed by atoms with E-state index in [2.05, 4.69) is 5.32 Å². The van der Waals surface area contributed by atoms with Gasteiger partial charge in [0.2, 0.25) is 11.8 Å². The van der Waals surface area contributed by atoms with E-state index in [1.165, 1.54) is 0 Å². The van der Waals surface area contributed by atoms with Gasteiger partial charge in [-0.05, 0) is 87.1 Å². The lowest BCUT2D eigenvalue weighted by Gasteiger charge is -2.18. The first-order valence-electron chi connectivity index (χ1n) is 10.7. The van der Waals surface area contributed by atoms with Crippen LogP contribution in [0.3, 0.4) is 0 Å². The SMILES string of the molecule is Cc1ccc(NC(=O)CC(C)S(=O)(=O)c2ccc3c(c2)CCN3C(=O)C2CC2)cc1C. The minimum Gasteiger partial charge on any atom is -0.326 e. The molecular formula is C24H28N2O4S. The number of nitrogens with zero attached hydrogens (tertiary/aromatic N) is 1. The number of carbonyl (C=O) groups is 2. The summed E-state index contributed by atoms with van der Waals surface area (Å²) in [5, 5.41) is 1.93. The highest BCUT2D eigenvalue weighted by atomic mass is 32.2. The Bertz CT molecular complexity index is 1150. The molecule has 1 atom stereocenters. The van der Waals surface area contributed by atoms with Crippen molar-refractivity contribution in [3.05, 3.63) is 53.1 Å². The number of hydrogen-bond donors (Lipinski definition) is 1. The molecule has 164 valence electrons. The van der Waals surface area contributed by atoms with Crippen LogP contribution in [0.4, 0.5) is 11.4 Å². The van der Waals surface area contributed by atoms with Crippen molar-refractivity contribution < 1.29 is 18.0 Å². The molecule has 2 amide bonds. The lowest BCUT2D eigenvalue weighted by Crippen LogP contribution is -2.30. The predicted molar refractivity (Wildman–Crippen MR) is 121 cm³/mol. The van der Waals surface area contributed by atoms with Crippen LogP contribution in [-0.2, 0) is 25.8 Å². The second kappa shape index (κ2) is 8.11. The first-order valence-corrected chi connectivity index (χ1v) is 12.3. The second-order valence-electron chi connectivity index (χ2n) is 8.71. The second-order valence-corrected chi connectivity index (χ2v) is 11.1. The summed E-state index contributed by atoms with van der Waals surface area (Å²) < 4.78 is 26.2. The number of benzene rings is 2. The Hall–Kier alpha value is -2.67. The molecule has 1 N–H and O–H groups in total. The summed E-state index contributed by atoms with van der Waals surface area (Å²) in [4.78, 5) is 26.9. The fraction of sp³-hybridized carbons (Fsp3) is 0.417. The monoisotopic (exact) mass is 440 g/mol. The van der Waals surface area contributed by atoms with E-state index in [9.17, 15) is 18.0 Å². The average Bonchev–Trinajstić information content (AvgIpc) is 3.49. The summed E-state index contributed by atoms with van der Waals surface area (Å²) in [6, 6.07) is 10.6. The molecule has 1 heterocycles. The maximum absolute atomic E-state index is 13.1. The molecule has 6 nitrogen and oxygen atoms in total. The molecule has 4 rings (SSSR count). The molecule has 1 unspecified atom stereocenters. The Morgan fingerprint density at radius 3 is 2.52 bits per heavy atom. The molecule has 2 aromatic carbocycles. The van der Waals surface area contributed by atoms with Crippen LogP contribution in [-0.4, -0.2) is 32.0 Å². The predicted octanol–water partition coefficient (Wildman–Crippen LogP) is 3.79. The highest BCUT2D eigenvalue weighted by Crippen LogP contribution is 2.37. The fourth-order valence-corrected chi connectivity index (χ4v) is 5.37. The summed E-state index contributed by atoms with van der Waals surface area (Å²) in [7, 11) is -3.67. The van der Waals surface area contributed by atoms with Crippen LogP contribution in [0.5, 0.6) is 0 Å². The fourth-order valence-electron chi connectivity index (χ4n) is 3.97. The Morgan fingerprint density at radius 1 is 1.10 bits per heavy atom. The zero-order chi connectivity index (χ0) is 22.3. The number of amides is 2. The summed E-state index contributed by atoms with van der Waals surface area (Å²) in [6.45, 7) is 6.12. The van der Waals surface area contributed by atoms with Gasteiger partial charge in [0, 0.05) is 30.3 Å². The van der Waals surface area contributed by atoms with Gasteiger partial charge in [0.15, 0.2) is 9.84 Å². The summed E-state index contributed by atoms with van der Waals surface area (Å²) in [6.07, 6.45) is 2.41. The number of carbonyl (C=O) groups excluding carboxylic acids is 2. The number of rotatable bonds is 6. The van der Waals surface area contributed by atoms with Crippen molar-refractivity contribution in [3.63, 3.8) is 0 Å². The van der Waals surface area contributed by atoms with E-state index in [1.54, 1.807) is 30.0 Å². The van der Waals surface area contributed by atoms with Crippen LogP contribution in [0.2, 0.25) is 0 Å². The van der Waals surface area contributed by atoms with Crippen molar-refractivity contribution in [3.8, 4) is 0 Å². The van der Waals surface area contributed by atoms with Crippen LogP contribution in [0, 0.1) is 19.8 Å². The van der Waals surface area contributed by atoms with Gasteiger partial charge >= 0.3 is 0 Å². The standard InChI is InChI=1S/C24H28N2O4S/c1-15-4-7-20(12-16(15)2)25-23(27)13-17(3)31(29,30)21-8-9-22-19(14-21)10-11-26(22)24(28)18-5-6-18/h4,7-9,12,14,17-18H,5-6,10-11,13H2,1-3H3,(H,25,27). The van der Waals surface area contributed by atoms with Gasteiger partial charge in [0.1, 0.15) is 0 Å². The molecular weight excluding hydrogens is 412 g/mol. The van der Waals surface area contributed by atoms with Gasteiger partial charge in [0.05, 0.1) is 10.1 Å². The molecule has 1 saturated carbocycles. The molecule has 2 aromatic rings. The number of aryl methyl sites for hydroxylation is 2. The highest BCUT2D eigenvalue weighted by Gasteiger charge is 2.37. The van der Waals surface area contributed by atoms with E-state index >= 15 is 0 Å². The molecule has 0 aromatic heterocycles. The van der Waals surface area contributed by atoms with Crippen molar-refractivity contribution in [1.82, 2.24) is 0 Å². The third-order valence-corrected chi connectivity index (χ3v) is 8.40. The average molecular weight is 441 g/mol. The Kier molecular flexibility index (Phi) is 5.64. The molecule has 7 heteroatoms. The summed E-state index contributed by atoms with van der Waals surface area (Å²) >= 11 is 0. The summed E-state index contributed by atoms with van der Waals surface area (Å²) in [5.41, 5.74) is 4.54. The minimum absolute atomic E-state index is 0.126. The first-order chi connectivity index (χ1) is 14.7. The van der Waals surface area contributed by atoms with Crippen molar-refractivity contribution in [2.45, 2.75) is 56.6 Å². The van der Waals surface area contributed by atoms with Crippen molar-refractivity contribution >= 4 is 33.0 Å². The molecule has 0 spiro atoms. The van der Waals surface area contributed by atoms with Crippen LogP contribution in [0.25, 0.3) is 0 Å². The number of nitrogens with one attached hydrogen (secondary N) is 1. The normalized spacial score (nSPS) is 16.7. The largest absolute Gasteiger partial charge is 0.326 e. The van der Waals surface area contributed by atoms with Crippen molar-refractivity contribution in [2.24, 2.45) is 5.92 Å². The van der Waals surface area contributed by atoms with Crippen LogP contribution >= 0.6 is 0 Å². The molecule has 0 radical (unpaired) electrons. The number of hydrogen-bond acceptors (Lipinski definition) is 4. The van der Waals surface area contributed by atoms with Crippen LogP contribution < -0.4 is 10.2 Å². The topological polar surface area (TPSA) is 83.6 Å². The van der Waals surface area contributed by atoms with E-state index in [1.807, 2.05) is 32.0 Å². The van der Waals surface area contributed by atoms with Crippen LogP contribution in [0.1, 0.15) is 42.9 Å². The lowest BCUT2D eigenvalue weighted by molar-refractivity contribution is -0.119. The van der Waals surface area contributed by atoms with E-state index in [-0.39, 0.29) is 29.0 Å². The van der Waals surface area contributed by atoms with E-state index in [4.69, 9.17) is 0 Å². The van der Waals surface area contributed by atoms with Crippen molar-refractivity contribution in [2.75, 3.05) is 16.8 Å². The molecule has 1 aliphatic carbocycles. The van der Waals surface area contributed by atoms with E-state index in [0.717, 1.165) is 35.2 Å². The first kappa shape index (κ1) is 21.6. The third kappa shape index (κ3) is 4.37. The van der Waals surface area contributed by atoms with E-state index in [0.29, 0.717) is 18.7 Å². The number of sulfone groups is 1. The summed E-state index contributed by atoms with van der Waals surface area (Å²) in [5.74, 6) is -0.0577. The molecule has 1 aliphatic heterocycles.